The number of carbonyl (C=O) groups is 1. The van der Waals surface area contributed by atoms with Gasteiger partial charge in [-0.15, -0.1) is 10.2 Å². The number of fused-ring (bicyclic) bond motifs is 1. The Morgan fingerprint density at radius 1 is 1.06 bits per heavy atom. The van der Waals surface area contributed by atoms with Crippen LogP contribution in [0.5, 0.6) is 11.5 Å². The third-order valence-electron chi connectivity index (χ3n) is 6.20. The minimum Gasteiger partial charge on any atom is -0.493 e. The van der Waals surface area contributed by atoms with Gasteiger partial charge in [0.1, 0.15) is 5.82 Å². The van der Waals surface area contributed by atoms with Gasteiger partial charge in [-0.05, 0) is 48.6 Å². The highest BCUT2D eigenvalue weighted by atomic mass is 16.5. The molecule has 1 fully saturated rings. The maximum Gasteiger partial charge on any atom is 0.317 e. The monoisotopic (exact) mass is 437 g/mol. The first-order valence-electron chi connectivity index (χ1n) is 11.1. The molecule has 3 aromatic rings. The lowest BCUT2D eigenvalue weighted by molar-refractivity contribution is 0.173. The molecule has 8 nitrogen and oxygen atoms in total. The van der Waals surface area contributed by atoms with Gasteiger partial charge in [-0.3, -0.25) is 4.40 Å². The fourth-order valence-electron chi connectivity index (χ4n) is 4.38. The van der Waals surface area contributed by atoms with Crippen molar-refractivity contribution < 1.29 is 14.3 Å². The Hall–Kier alpha value is -3.29. The van der Waals surface area contributed by atoms with Gasteiger partial charge in [-0.2, -0.15) is 0 Å². The summed E-state index contributed by atoms with van der Waals surface area (Å²) in [4.78, 5) is 15.0. The van der Waals surface area contributed by atoms with Crippen LogP contribution in [0.2, 0.25) is 0 Å². The third kappa shape index (κ3) is 4.35. The number of piperidine rings is 1. The molecule has 0 radical (unpaired) electrons. The Kier molecular flexibility index (Phi) is 6.48. The van der Waals surface area contributed by atoms with E-state index in [0.29, 0.717) is 30.5 Å². The quantitative estimate of drug-likeness (QED) is 0.630. The number of hydrogen-bond acceptors (Lipinski definition) is 5. The Morgan fingerprint density at radius 3 is 2.50 bits per heavy atom. The fourth-order valence-corrected chi connectivity index (χ4v) is 4.38. The van der Waals surface area contributed by atoms with Gasteiger partial charge in [0, 0.05) is 25.2 Å². The Bertz CT molecular complexity index is 1070. The third-order valence-corrected chi connectivity index (χ3v) is 6.20. The highest BCUT2D eigenvalue weighted by Crippen LogP contribution is 2.33. The van der Waals surface area contributed by atoms with E-state index in [-0.39, 0.29) is 18.0 Å². The molecule has 170 valence electrons. The van der Waals surface area contributed by atoms with Crippen molar-refractivity contribution in [1.82, 2.24) is 24.8 Å². The average molecular weight is 438 g/mol. The predicted molar refractivity (Wildman–Crippen MR) is 122 cm³/mol. The molecule has 2 aromatic heterocycles. The molecule has 0 aliphatic carbocycles. The number of hydrogen-bond donors (Lipinski definition) is 1. The number of ether oxygens (including phenoxy) is 2. The zero-order valence-electron chi connectivity index (χ0n) is 19.1. The minimum absolute atomic E-state index is 0.0389. The molecule has 1 aromatic carbocycles. The second-order valence-corrected chi connectivity index (χ2v) is 8.53. The number of urea groups is 1. The van der Waals surface area contributed by atoms with E-state index in [1.54, 1.807) is 14.2 Å². The van der Waals surface area contributed by atoms with Gasteiger partial charge in [-0.25, -0.2) is 4.79 Å². The summed E-state index contributed by atoms with van der Waals surface area (Å²) in [5.74, 6) is 2.82. The SMILES string of the molecule is COc1ccc([C@H](NC(=O)N2CCC(c3nnc4ccccn34)CC2)C(C)C)cc1OC. The zero-order chi connectivity index (χ0) is 22.7. The second kappa shape index (κ2) is 9.46. The molecule has 0 saturated carbocycles. The molecule has 0 spiro atoms. The summed E-state index contributed by atoms with van der Waals surface area (Å²) in [6, 6.07) is 11.5. The average Bonchev–Trinajstić information content (AvgIpc) is 3.26. The van der Waals surface area contributed by atoms with Crippen molar-refractivity contribution in [3.63, 3.8) is 0 Å². The number of amides is 2. The lowest BCUT2D eigenvalue weighted by Crippen LogP contribution is -2.46. The molecule has 1 aliphatic rings. The highest BCUT2D eigenvalue weighted by Gasteiger charge is 2.29. The summed E-state index contributed by atoms with van der Waals surface area (Å²) in [5.41, 5.74) is 1.85. The summed E-state index contributed by atoms with van der Waals surface area (Å²) in [6.45, 7) is 5.58. The topological polar surface area (TPSA) is 81.0 Å². The number of benzene rings is 1. The van der Waals surface area contributed by atoms with Gasteiger partial charge < -0.3 is 19.7 Å². The second-order valence-electron chi connectivity index (χ2n) is 8.53. The van der Waals surface area contributed by atoms with Crippen LogP contribution in [0.25, 0.3) is 5.65 Å². The largest absolute Gasteiger partial charge is 0.493 e. The van der Waals surface area contributed by atoms with E-state index in [9.17, 15) is 4.79 Å². The molecule has 0 bridgehead atoms. The van der Waals surface area contributed by atoms with Crippen molar-refractivity contribution in [3.05, 3.63) is 54.0 Å². The first-order chi connectivity index (χ1) is 15.5. The number of methoxy groups -OCH3 is 2. The molecule has 1 saturated heterocycles. The molecule has 0 unspecified atom stereocenters. The van der Waals surface area contributed by atoms with E-state index in [4.69, 9.17) is 9.47 Å². The summed E-state index contributed by atoms with van der Waals surface area (Å²) < 4.78 is 12.8. The summed E-state index contributed by atoms with van der Waals surface area (Å²) in [6.07, 6.45) is 3.73. The van der Waals surface area contributed by atoms with Gasteiger partial charge in [0.05, 0.1) is 20.3 Å². The van der Waals surface area contributed by atoms with Crippen molar-refractivity contribution in [2.45, 2.75) is 38.6 Å². The van der Waals surface area contributed by atoms with Gasteiger partial charge in [0.15, 0.2) is 17.1 Å². The molecule has 8 heteroatoms. The van der Waals surface area contributed by atoms with Gasteiger partial charge in [0.2, 0.25) is 0 Å². The normalized spacial score (nSPS) is 15.7. The maximum atomic E-state index is 13.1. The summed E-state index contributed by atoms with van der Waals surface area (Å²) >= 11 is 0. The van der Waals surface area contributed by atoms with E-state index >= 15 is 0 Å². The van der Waals surface area contributed by atoms with Crippen LogP contribution in [-0.4, -0.2) is 52.8 Å². The Balaban J connectivity index is 1.42. The number of likely N-dealkylation sites (tertiary alicyclic amines) is 1. The number of nitrogens with zero attached hydrogens (tertiary/aromatic N) is 4. The lowest BCUT2D eigenvalue weighted by atomic mass is 9.95. The van der Waals surface area contributed by atoms with Crippen LogP contribution >= 0.6 is 0 Å². The van der Waals surface area contributed by atoms with Crippen LogP contribution in [0.1, 0.15) is 50.0 Å². The van der Waals surface area contributed by atoms with Crippen LogP contribution in [0.4, 0.5) is 4.79 Å². The first-order valence-corrected chi connectivity index (χ1v) is 11.1. The van der Waals surface area contributed by atoms with E-state index in [1.807, 2.05) is 51.9 Å². The van der Waals surface area contributed by atoms with Crippen LogP contribution in [0.15, 0.2) is 42.6 Å². The summed E-state index contributed by atoms with van der Waals surface area (Å²) in [7, 11) is 3.23. The summed E-state index contributed by atoms with van der Waals surface area (Å²) in [5, 5.41) is 11.9. The number of pyridine rings is 1. The molecule has 1 atom stereocenters. The smallest absolute Gasteiger partial charge is 0.317 e. The van der Waals surface area contributed by atoms with Crippen LogP contribution in [-0.2, 0) is 0 Å². The number of aromatic nitrogens is 3. The zero-order valence-corrected chi connectivity index (χ0v) is 19.1. The van der Waals surface area contributed by atoms with E-state index in [0.717, 1.165) is 29.9 Å². The van der Waals surface area contributed by atoms with Gasteiger partial charge in [0.25, 0.3) is 0 Å². The molecule has 4 rings (SSSR count). The molecule has 2 amide bonds. The van der Waals surface area contributed by atoms with Gasteiger partial charge >= 0.3 is 6.03 Å². The van der Waals surface area contributed by atoms with E-state index < -0.39 is 0 Å². The number of rotatable bonds is 6. The van der Waals surface area contributed by atoms with Crippen molar-refractivity contribution in [3.8, 4) is 11.5 Å². The van der Waals surface area contributed by atoms with Crippen LogP contribution in [0.3, 0.4) is 0 Å². The molecule has 3 heterocycles. The number of carbonyl (C=O) groups excluding carboxylic acids is 1. The maximum absolute atomic E-state index is 13.1. The van der Waals surface area contributed by atoms with E-state index in [2.05, 4.69) is 29.4 Å². The minimum atomic E-state index is -0.125. The highest BCUT2D eigenvalue weighted by molar-refractivity contribution is 5.75. The number of nitrogens with one attached hydrogen (secondary N) is 1. The molecular weight excluding hydrogens is 406 g/mol. The van der Waals surface area contributed by atoms with Crippen LogP contribution in [0, 0.1) is 5.92 Å². The van der Waals surface area contributed by atoms with Crippen molar-refractivity contribution >= 4 is 11.7 Å². The lowest BCUT2D eigenvalue weighted by Gasteiger charge is -2.33. The first kappa shape index (κ1) is 21.9. The predicted octanol–water partition coefficient (Wildman–Crippen LogP) is 4.03. The standard InChI is InChI=1S/C24H31N5O3/c1-16(2)22(18-8-9-19(31-3)20(15-18)32-4)25-24(30)28-13-10-17(11-14-28)23-27-26-21-7-5-6-12-29(21)23/h5-9,12,15-17,22H,10-11,13-14H2,1-4H3,(H,25,30)/t22-/m1/s1. The van der Waals surface area contributed by atoms with Crippen molar-refractivity contribution in [1.29, 1.82) is 0 Å². The van der Waals surface area contributed by atoms with Crippen molar-refractivity contribution in [2.24, 2.45) is 5.92 Å². The molecule has 1 N–H and O–H groups in total. The van der Waals surface area contributed by atoms with E-state index in [1.165, 1.54) is 0 Å². The fraction of sp³-hybridized carbons (Fsp3) is 0.458. The van der Waals surface area contributed by atoms with Crippen LogP contribution < -0.4 is 14.8 Å². The Labute approximate surface area is 188 Å². The van der Waals surface area contributed by atoms with Crippen molar-refractivity contribution in [2.75, 3.05) is 27.3 Å². The van der Waals surface area contributed by atoms with Gasteiger partial charge in [-0.1, -0.05) is 26.0 Å². The molecular formula is C24H31N5O3. The molecule has 1 aliphatic heterocycles. The molecule has 32 heavy (non-hydrogen) atoms. The Morgan fingerprint density at radius 2 is 1.81 bits per heavy atom.